The number of fused-ring (bicyclic) bond motifs is 2. The van der Waals surface area contributed by atoms with Gasteiger partial charge in [0, 0.05) is 49.5 Å². The maximum Gasteiger partial charge on any atom is 0.254 e. The molecule has 9 heteroatoms. The second-order valence-corrected chi connectivity index (χ2v) is 8.83. The van der Waals surface area contributed by atoms with Crippen LogP contribution < -0.4 is 4.90 Å². The van der Waals surface area contributed by atoms with Crippen LogP contribution in [0.1, 0.15) is 21.6 Å². The molecule has 0 fully saturated rings. The van der Waals surface area contributed by atoms with Crippen LogP contribution >= 0.6 is 37.2 Å². The van der Waals surface area contributed by atoms with E-state index in [0.29, 0.717) is 19.6 Å². The van der Waals surface area contributed by atoms with Gasteiger partial charge in [-0.1, -0.05) is 42.5 Å². The lowest BCUT2D eigenvalue weighted by atomic mass is 10.0. The summed E-state index contributed by atoms with van der Waals surface area (Å²) in [5.74, 6) is 0.0606. The average Bonchev–Trinajstić information content (AvgIpc) is 3.36. The summed E-state index contributed by atoms with van der Waals surface area (Å²) in [7, 11) is 0. The monoisotopic (exact) mass is 567 g/mol. The van der Waals surface area contributed by atoms with Crippen molar-refractivity contribution < 1.29 is 4.79 Å². The Morgan fingerprint density at radius 2 is 1.63 bits per heavy atom. The van der Waals surface area contributed by atoms with Crippen molar-refractivity contribution >= 4 is 59.6 Å². The van der Waals surface area contributed by atoms with Crippen LogP contribution in [0.15, 0.2) is 97.7 Å². The van der Waals surface area contributed by atoms with E-state index in [-0.39, 0.29) is 43.1 Å². The summed E-state index contributed by atoms with van der Waals surface area (Å²) in [5, 5.41) is 2.07. The van der Waals surface area contributed by atoms with Crippen molar-refractivity contribution in [1.82, 2.24) is 19.9 Å². The summed E-state index contributed by atoms with van der Waals surface area (Å²) in [4.78, 5) is 29.7. The quantitative estimate of drug-likeness (QED) is 0.267. The topological polar surface area (TPSA) is 65.1 Å². The zero-order chi connectivity index (χ0) is 23.6. The second-order valence-electron chi connectivity index (χ2n) is 8.83. The number of carbonyl (C=O) groups is 1. The van der Waals surface area contributed by atoms with Crippen LogP contribution in [0.3, 0.4) is 0 Å². The molecule has 1 aliphatic rings. The van der Waals surface area contributed by atoms with Gasteiger partial charge in [0.1, 0.15) is 0 Å². The summed E-state index contributed by atoms with van der Waals surface area (Å²) in [6, 6.07) is 24.6. The number of hydrogen-bond donors (Lipinski definition) is 1. The van der Waals surface area contributed by atoms with Crippen molar-refractivity contribution in [1.29, 1.82) is 0 Å². The predicted molar refractivity (Wildman–Crippen MR) is 160 cm³/mol. The van der Waals surface area contributed by atoms with Gasteiger partial charge < -0.3 is 14.8 Å². The summed E-state index contributed by atoms with van der Waals surface area (Å²) in [6.07, 6.45) is 7.18. The number of nitrogens with zero attached hydrogens (tertiary/aromatic N) is 4. The Morgan fingerprint density at radius 3 is 2.42 bits per heavy atom. The van der Waals surface area contributed by atoms with Crippen LogP contribution in [0.2, 0.25) is 0 Å². The van der Waals surface area contributed by atoms with Gasteiger partial charge in [0.2, 0.25) is 0 Å². The first kappa shape index (κ1) is 29.0. The van der Waals surface area contributed by atoms with E-state index >= 15 is 0 Å². The number of aromatic amines is 1. The predicted octanol–water partition coefficient (Wildman–Crippen LogP) is 6.55. The fraction of sp³-hybridized carbons (Fsp3) is 0.138. The molecule has 1 N–H and O–H groups in total. The number of benzene rings is 3. The number of hydrogen-bond acceptors (Lipinski definition) is 4. The molecule has 0 spiro atoms. The van der Waals surface area contributed by atoms with Crippen LogP contribution in [0, 0.1) is 0 Å². The van der Waals surface area contributed by atoms with Crippen molar-refractivity contribution in [2.24, 2.45) is 0 Å². The number of halogens is 3. The van der Waals surface area contributed by atoms with Gasteiger partial charge in [-0.3, -0.25) is 9.78 Å². The molecule has 2 aromatic heterocycles. The molecule has 6 rings (SSSR count). The highest BCUT2D eigenvalue weighted by Gasteiger charge is 2.25. The minimum absolute atomic E-state index is 0. The molecule has 0 aliphatic carbocycles. The Hall–Kier alpha value is -3.58. The molecule has 38 heavy (non-hydrogen) atoms. The van der Waals surface area contributed by atoms with Crippen molar-refractivity contribution in [2.75, 3.05) is 18.0 Å². The maximum atomic E-state index is 13.8. The second kappa shape index (κ2) is 12.8. The molecular formula is C29H28Cl3N5O. The van der Waals surface area contributed by atoms with Crippen LogP contribution in [0.4, 0.5) is 5.69 Å². The third-order valence-electron chi connectivity index (χ3n) is 6.66. The van der Waals surface area contributed by atoms with Crippen molar-refractivity contribution in [3.05, 3.63) is 115 Å². The van der Waals surface area contributed by atoms with Crippen molar-refractivity contribution in [3.8, 4) is 11.1 Å². The Balaban J connectivity index is 0.00000133. The third-order valence-corrected chi connectivity index (χ3v) is 6.66. The highest BCUT2D eigenvalue weighted by molar-refractivity contribution is 6.07. The number of nitrogens with one attached hydrogen (secondary N) is 1. The molecule has 1 amide bonds. The summed E-state index contributed by atoms with van der Waals surface area (Å²) in [6.45, 7) is 2.63. The Kier molecular flexibility index (Phi) is 9.75. The lowest BCUT2D eigenvalue weighted by Gasteiger charge is -2.24. The molecular weight excluding hydrogens is 541 g/mol. The van der Waals surface area contributed by atoms with E-state index in [2.05, 4.69) is 50.2 Å². The number of H-pyrrole nitrogens is 1. The first-order valence-electron chi connectivity index (χ1n) is 11.8. The molecule has 0 atom stereocenters. The number of pyridine rings is 1. The number of amides is 1. The summed E-state index contributed by atoms with van der Waals surface area (Å²) >= 11 is 0. The molecule has 6 nitrogen and oxygen atoms in total. The van der Waals surface area contributed by atoms with Crippen LogP contribution in [-0.2, 0) is 13.1 Å². The maximum absolute atomic E-state index is 13.8. The lowest BCUT2D eigenvalue weighted by molar-refractivity contribution is 0.0753. The van der Waals surface area contributed by atoms with Gasteiger partial charge in [0.25, 0.3) is 5.91 Å². The number of carbonyl (C=O) groups excluding carboxylic acids is 1. The van der Waals surface area contributed by atoms with Crippen molar-refractivity contribution in [2.45, 2.75) is 13.1 Å². The van der Waals surface area contributed by atoms with Crippen molar-refractivity contribution in [3.63, 3.8) is 0 Å². The van der Waals surface area contributed by atoms with Gasteiger partial charge in [-0.2, -0.15) is 0 Å². The number of rotatable bonds is 4. The molecule has 3 aromatic carbocycles. The fourth-order valence-electron chi connectivity index (χ4n) is 4.89. The van der Waals surface area contributed by atoms with E-state index in [1.165, 1.54) is 0 Å². The number of aromatic nitrogens is 3. The Labute approximate surface area is 240 Å². The highest BCUT2D eigenvalue weighted by atomic mass is 35.5. The van der Waals surface area contributed by atoms with Gasteiger partial charge in [-0.05, 0) is 57.8 Å². The van der Waals surface area contributed by atoms with E-state index in [9.17, 15) is 4.79 Å². The molecule has 0 unspecified atom stereocenters. The lowest BCUT2D eigenvalue weighted by Crippen LogP contribution is -2.35. The first-order valence-corrected chi connectivity index (χ1v) is 11.8. The van der Waals surface area contributed by atoms with Crippen LogP contribution in [0.5, 0.6) is 0 Å². The SMILES string of the molecule is Cl.Cl.Cl.O=C(c1cccc2ccccc12)N1CCN(Cc2cnc[nH]2)c2ccc(-c3ccncc3)cc2C1. The van der Waals surface area contributed by atoms with Gasteiger partial charge in [-0.25, -0.2) is 4.98 Å². The van der Waals surface area contributed by atoms with Gasteiger partial charge in [0.05, 0.1) is 18.6 Å². The standard InChI is InChI=1S/C29H25N5O.3ClH/c35-29(27-7-3-5-22-4-1-2-6-26(22)27)34-15-14-33(19-25-17-31-20-32-25)28-9-8-23(16-24(28)18-34)21-10-12-30-13-11-21;;;/h1-13,16-17,20H,14-15,18-19H2,(H,31,32);3*1H. The van der Waals surface area contributed by atoms with E-state index < -0.39 is 0 Å². The molecule has 0 saturated heterocycles. The third kappa shape index (κ3) is 5.78. The molecule has 0 radical (unpaired) electrons. The number of imidazole rings is 1. The van der Waals surface area contributed by atoms with E-state index in [1.54, 1.807) is 6.33 Å². The van der Waals surface area contributed by atoms with Gasteiger partial charge in [-0.15, -0.1) is 37.2 Å². The van der Waals surface area contributed by atoms with E-state index in [1.807, 2.05) is 66.0 Å². The van der Waals surface area contributed by atoms with Crippen LogP contribution in [-0.4, -0.2) is 38.8 Å². The largest absolute Gasteiger partial charge is 0.364 e. The summed E-state index contributed by atoms with van der Waals surface area (Å²) in [5.41, 5.74) is 6.29. The zero-order valence-electron chi connectivity index (χ0n) is 20.5. The summed E-state index contributed by atoms with van der Waals surface area (Å²) < 4.78 is 0. The minimum Gasteiger partial charge on any atom is -0.364 e. The van der Waals surface area contributed by atoms with Gasteiger partial charge >= 0.3 is 0 Å². The van der Waals surface area contributed by atoms with Crippen LogP contribution in [0.25, 0.3) is 21.9 Å². The normalized spacial score (nSPS) is 12.4. The van der Waals surface area contributed by atoms with E-state index in [4.69, 9.17) is 0 Å². The van der Waals surface area contributed by atoms with Gasteiger partial charge in [0.15, 0.2) is 0 Å². The molecule has 0 saturated carbocycles. The Morgan fingerprint density at radius 1 is 0.842 bits per heavy atom. The fourth-order valence-corrected chi connectivity index (χ4v) is 4.89. The zero-order valence-corrected chi connectivity index (χ0v) is 22.9. The number of anilines is 1. The first-order chi connectivity index (χ1) is 17.3. The highest BCUT2D eigenvalue weighted by Crippen LogP contribution is 2.32. The molecule has 196 valence electrons. The smallest absolute Gasteiger partial charge is 0.254 e. The molecule has 5 aromatic rings. The Bertz CT molecular complexity index is 1490. The minimum atomic E-state index is 0. The average molecular weight is 569 g/mol. The molecule has 1 aliphatic heterocycles. The molecule has 3 heterocycles. The van der Waals surface area contributed by atoms with E-state index in [0.717, 1.165) is 51.0 Å². The molecule has 0 bridgehead atoms.